The van der Waals surface area contributed by atoms with Crippen LogP contribution in [0.3, 0.4) is 0 Å². The van der Waals surface area contributed by atoms with Gasteiger partial charge in [-0.15, -0.1) is 0 Å². The molecule has 0 saturated heterocycles. The van der Waals surface area contributed by atoms with E-state index in [4.69, 9.17) is 11.6 Å². The largest absolute Gasteiger partial charge is 0.309 e. The maximum absolute atomic E-state index is 6.16. The normalized spacial score (nSPS) is 12.4. The van der Waals surface area contributed by atoms with Crippen LogP contribution >= 0.6 is 11.6 Å². The topological polar surface area (TPSA) is 12.0 Å². The summed E-state index contributed by atoms with van der Waals surface area (Å²) in [6, 6.07) is 15.2. The van der Waals surface area contributed by atoms with Crippen molar-refractivity contribution < 1.29 is 0 Å². The quantitative estimate of drug-likeness (QED) is 0.763. The van der Waals surface area contributed by atoms with Gasteiger partial charge >= 0.3 is 0 Å². The molecule has 0 aliphatic rings. The monoisotopic (exact) mass is 301 g/mol. The van der Waals surface area contributed by atoms with Crippen molar-refractivity contribution in [2.75, 3.05) is 7.05 Å². The van der Waals surface area contributed by atoms with Crippen LogP contribution in [-0.2, 0) is 6.42 Å². The van der Waals surface area contributed by atoms with E-state index in [0.29, 0.717) is 0 Å². The number of nitrogens with one attached hydrogen (secondary N) is 1. The fraction of sp³-hybridized carbons (Fsp3) is 0.368. The second kappa shape index (κ2) is 7.63. The van der Waals surface area contributed by atoms with Gasteiger partial charge in [-0.2, -0.15) is 0 Å². The van der Waals surface area contributed by atoms with E-state index in [9.17, 15) is 0 Å². The highest BCUT2D eigenvalue weighted by molar-refractivity contribution is 6.30. The summed E-state index contributed by atoms with van der Waals surface area (Å²) < 4.78 is 0. The van der Waals surface area contributed by atoms with Crippen LogP contribution in [-0.4, -0.2) is 7.05 Å². The van der Waals surface area contributed by atoms with E-state index in [2.05, 4.69) is 55.6 Å². The molecule has 2 aromatic carbocycles. The molecular weight excluding hydrogens is 278 g/mol. The van der Waals surface area contributed by atoms with Crippen LogP contribution in [0.4, 0.5) is 0 Å². The maximum Gasteiger partial charge on any atom is 0.0577 e. The Morgan fingerprint density at radius 3 is 2.43 bits per heavy atom. The molecule has 2 rings (SSSR count). The minimum Gasteiger partial charge on any atom is -0.309 e. The Morgan fingerprint density at radius 2 is 1.81 bits per heavy atom. The van der Waals surface area contributed by atoms with E-state index < -0.39 is 0 Å². The first-order valence-electron chi connectivity index (χ1n) is 7.68. The van der Waals surface area contributed by atoms with Gasteiger partial charge in [-0.05, 0) is 61.2 Å². The van der Waals surface area contributed by atoms with E-state index in [1.54, 1.807) is 0 Å². The zero-order valence-electron chi connectivity index (χ0n) is 13.1. The van der Waals surface area contributed by atoms with Gasteiger partial charge in [0, 0.05) is 5.02 Å². The van der Waals surface area contributed by atoms with Gasteiger partial charge in [-0.25, -0.2) is 0 Å². The molecule has 1 nitrogen and oxygen atoms in total. The van der Waals surface area contributed by atoms with E-state index in [-0.39, 0.29) is 6.04 Å². The third kappa shape index (κ3) is 4.09. The zero-order chi connectivity index (χ0) is 15.2. The first-order chi connectivity index (χ1) is 10.2. The lowest BCUT2D eigenvalue weighted by Gasteiger charge is -2.20. The SMILES string of the molecule is CCCCc1ccc(C(NC)c2cc(Cl)ccc2C)cc1. The molecule has 1 unspecified atom stereocenters. The lowest BCUT2D eigenvalue weighted by Crippen LogP contribution is -2.18. The fourth-order valence-electron chi connectivity index (χ4n) is 2.68. The van der Waals surface area contributed by atoms with Crippen molar-refractivity contribution >= 4 is 11.6 Å². The second-order valence-corrected chi connectivity index (χ2v) is 6.00. The molecular formula is C19H24ClN. The summed E-state index contributed by atoms with van der Waals surface area (Å²) >= 11 is 6.16. The first-order valence-corrected chi connectivity index (χ1v) is 8.05. The van der Waals surface area contributed by atoms with Gasteiger partial charge in [0.15, 0.2) is 0 Å². The summed E-state index contributed by atoms with van der Waals surface area (Å²) in [4.78, 5) is 0. The molecule has 0 aliphatic heterocycles. The van der Waals surface area contributed by atoms with E-state index >= 15 is 0 Å². The van der Waals surface area contributed by atoms with Crippen LogP contribution in [0, 0.1) is 6.92 Å². The Bertz CT molecular complexity index is 575. The van der Waals surface area contributed by atoms with Crippen molar-refractivity contribution in [2.45, 2.75) is 39.2 Å². The van der Waals surface area contributed by atoms with Crippen LogP contribution in [0.2, 0.25) is 5.02 Å². The van der Waals surface area contributed by atoms with Gasteiger partial charge < -0.3 is 5.32 Å². The van der Waals surface area contributed by atoms with Crippen molar-refractivity contribution in [3.63, 3.8) is 0 Å². The molecule has 0 saturated carbocycles. The highest BCUT2D eigenvalue weighted by atomic mass is 35.5. The lowest BCUT2D eigenvalue weighted by atomic mass is 9.94. The van der Waals surface area contributed by atoms with Crippen LogP contribution < -0.4 is 5.32 Å². The summed E-state index contributed by atoms with van der Waals surface area (Å²) in [5, 5.41) is 4.19. The summed E-state index contributed by atoms with van der Waals surface area (Å²) in [7, 11) is 2.00. The van der Waals surface area contributed by atoms with Gasteiger partial charge in [0.2, 0.25) is 0 Å². The van der Waals surface area contributed by atoms with Crippen molar-refractivity contribution in [1.29, 1.82) is 0 Å². The van der Waals surface area contributed by atoms with Gasteiger partial charge in [0.1, 0.15) is 0 Å². The number of halogens is 1. The molecule has 0 radical (unpaired) electrons. The highest BCUT2D eigenvalue weighted by Gasteiger charge is 2.14. The Kier molecular flexibility index (Phi) is 5.84. The van der Waals surface area contributed by atoms with Gasteiger partial charge in [-0.1, -0.05) is 55.3 Å². The summed E-state index contributed by atoms with van der Waals surface area (Å²) in [6.07, 6.45) is 3.65. The Labute approximate surface area is 133 Å². The average Bonchev–Trinajstić information content (AvgIpc) is 2.50. The molecule has 1 N–H and O–H groups in total. The van der Waals surface area contributed by atoms with Crippen molar-refractivity contribution in [3.05, 3.63) is 69.7 Å². The molecule has 2 aromatic rings. The second-order valence-electron chi connectivity index (χ2n) is 5.57. The minimum atomic E-state index is 0.184. The standard InChI is InChI=1S/C19H24ClN/c1-4-5-6-15-8-10-16(11-9-15)19(21-3)18-13-17(20)12-7-14(18)2/h7-13,19,21H,4-6H2,1-3H3. The average molecular weight is 302 g/mol. The van der Waals surface area contributed by atoms with Crippen molar-refractivity contribution in [1.82, 2.24) is 5.32 Å². The Hall–Kier alpha value is -1.31. The predicted octanol–water partition coefficient (Wildman–Crippen LogP) is 5.30. The smallest absolute Gasteiger partial charge is 0.0577 e. The van der Waals surface area contributed by atoms with E-state index in [0.717, 1.165) is 11.4 Å². The van der Waals surface area contributed by atoms with E-state index in [1.165, 1.54) is 35.1 Å². The predicted molar refractivity (Wildman–Crippen MR) is 92.1 cm³/mol. The van der Waals surface area contributed by atoms with E-state index in [1.807, 2.05) is 13.1 Å². The van der Waals surface area contributed by atoms with Crippen molar-refractivity contribution in [3.8, 4) is 0 Å². The maximum atomic E-state index is 6.16. The molecule has 2 heteroatoms. The lowest BCUT2D eigenvalue weighted by molar-refractivity contribution is 0.687. The Balaban J connectivity index is 2.26. The minimum absolute atomic E-state index is 0.184. The van der Waals surface area contributed by atoms with Gasteiger partial charge in [-0.3, -0.25) is 0 Å². The van der Waals surface area contributed by atoms with Gasteiger partial charge in [0.25, 0.3) is 0 Å². The first kappa shape index (κ1) is 16.1. The fourth-order valence-corrected chi connectivity index (χ4v) is 2.86. The van der Waals surface area contributed by atoms with Crippen LogP contribution in [0.15, 0.2) is 42.5 Å². The van der Waals surface area contributed by atoms with Gasteiger partial charge in [0.05, 0.1) is 6.04 Å². The highest BCUT2D eigenvalue weighted by Crippen LogP contribution is 2.27. The third-order valence-electron chi connectivity index (χ3n) is 3.97. The molecule has 112 valence electrons. The Morgan fingerprint density at radius 1 is 1.10 bits per heavy atom. The number of rotatable bonds is 6. The van der Waals surface area contributed by atoms with Crippen LogP contribution in [0.1, 0.15) is 48.1 Å². The van der Waals surface area contributed by atoms with Crippen LogP contribution in [0.5, 0.6) is 0 Å². The third-order valence-corrected chi connectivity index (χ3v) is 4.21. The summed E-state index contributed by atoms with van der Waals surface area (Å²) in [6.45, 7) is 4.36. The number of hydrogen-bond acceptors (Lipinski definition) is 1. The molecule has 0 fully saturated rings. The molecule has 21 heavy (non-hydrogen) atoms. The number of aryl methyl sites for hydroxylation is 2. The number of benzene rings is 2. The van der Waals surface area contributed by atoms with Crippen LogP contribution in [0.25, 0.3) is 0 Å². The summed E-state index contributed by atoms with van der Waals surface area (Å²) in [5.74, 6) is 0. The number of hydrogen-bond donors (Lipinski definition) is 1. The molecule has 1 atom stereocenters. The number of unbranched alkanes of at least 4 members (excludes halogenated alkanes) is 1. The summed E-state index contributed by atoms with van der Waals surface area (Å²) in [5.41, 5.74) is 5.20. The molecule has 0 spiro atoms. The van der Waals surface area contributed by atoms with Crippen molar-refractivity contribution in [2.24, 2.45) is 0 Å². The molecule has 0 heterocycles. The zero-order valence-corrected chi connectivity index (χ0v) is 13.9. The molecule has 0 amide bonds. The molecule has 0 aromatic heterocycles. The molecule has 0 bridgehead atoms. The molecule has 0 aliphatic carbocycles.